The molecule has 6 nitrogen and oxygen atoms in total. The average molecular weight is 476 g/mol. The lowest BCUT2D eigenvalue weighted by Gasteiger charge is -2.36. The number of ether oxygens (including phenoxy) is 2. The Kier molecular flexibility index (Phi) is 8.24. The summed E-state index contributed by atoms with van der Waals surface area (Å²) >= 11 is 0. The Hall–Kier alpha value is -3.12. The van der Waals surface area contributed by atoms with Crippen LogP contribution < -0.4 is 9.64 Å². The van der Waals surface area contributed by atoms with Crippen molar-refractivity contribution in [2.45, 2.75) is 46.8 Å². The Bertz CT molecular complexity index is 1070. The first kappa shape index (κ1) is 25.0. The van der Waals surface area contributed by atoms with E-state index in [1.807, 2.05) is 13.8 Å². The highest BCUT2D eigenvalue weighted by Gasteiger charge is 2.23. The van der Waals surface area contributed by atoms with Crippen LogP contribution in [0.25, 0.3) is 0 Å². The number of rotatable bonds is 8. The van der Waals surface area contributed by atoms with E-state index in [1.54, 1.807) is 18.3 Å². The topological polar surface area (TPSA) is 54.9 Å². The number of anilines is 1. The third kappa shape index (κ3) is 6.95. The van der Waals surface area contributed by atoms with Crippen LogP contribution in [0.4, 0.5) is 5.82 Å². The normalized spacial score (nSPS) is 18.8. The van der Waals surface area contributed by atoms with Crippen molar-refractivity contribution in [3.63, 3.8) is 0 Å². The summed E-state index contributed by atoms with van der Waals surface area (Å²) in [5.74, 6) is 1.89. The molecular formula is C29H37N3O3. The third-order valence-corrected chi connectivity index (χ3v) is 6.33. The van der Waals surface area contributed by atoms with Crippen molar-refractivity contribution in [1.82, 2.24) is 9.88 Å². The van der Waals surface area contributed by atoms with Gasteiger partial charge in [0.25, 0.3) is 0 Å². The van der Waals surface area contributed by atoms with E-state index >= 15 is 0 Å². The molecule has 0 saturated carbocycles. The van der Waals surface area contributed by atoms with Crippen LogP contribution in [0, 0.1) is 5.92 Å². The molecule has 1 aromatic heterocycles. The summed E-state index contributed by atoms with van der Waals surface area (Å²) < 4.78 is 11.4. The van der Waals surface area contributed by atoms with Gasteiger partial charge in [-0.15, -0.1) is 0 Å². The Balaban J connectivity index is 1.28. The summed E-state index contributed by atoms with van der Waals surface area (Å²) in [6, 6.07) is 12.0. The minimum absolute atomic E-state index is 0.154. The molecule has 186 valence electrons. The molecule has 1 saturated heterocycles. The van der Waals surface area contributed by atoms with Gasteiger partial charge >= 0.3 is 5.97 Å². The van der Waals surface area contributed by atoms with Crippen molar-refractivity contribution in [3.05, 3.63) is 77.0 Å². The van der Waals surface area contributed by atoms with Gasteiger partial charge in [-0.2, -0.15) is 0 Å². The molecule has 2 heterocycles. The van der Waals surface area contributed by atoms with E-state index in [1.165, 1.54) is 16.7 Å². The highest BCUT2D eigenvalue weighted by Crippen LogP contribution is 2.24. The number of nitrogens with zero attached hydrogens (tertiary/aromatic N) is 3. The van der Waals surface area contributed by atoms with Crippen LogP contribution in [0.5, 0.6) is 5.75 Å². The third-order valence-electron chi connectivity index (χ3n) is 6.33. The van der Waals surface area contributed by atoms with Gasteiger partial charge in [0.2, 0.25) is 0 Å². The van der Waals surface area contributed by atoms with Crippen molar-refractivity contribution in [3.8, 4) is 5.75 Å². The van der Waals surface area contributed by atoms with Gasteiger partial charge in [0.15, 0.2) is 0 Å². The van der Waals surface area contributed by atoms with Crippen LogP contribution >= 0.6 is 0 Å². The molecule has 6 heteroatoms. The maximum atomic E-state index is 12.5. The molecule has 0 amide bonds. The molecule has 2 aromatic rings. The zero-order valence-electron chi connectivity index (χ0n) is 21.4. The van der Waals surface area contributed by atoms with Gasteiger partial charge in [-0.25, -0.2) is 9.78 Å². The molecule has 2 aliphatic rings. The molecule has 0 N–H and O–H groups in total. The highest BCUT2D eigenvalue weighted by atomic mass is 16.5. The van der Waals surface area contributed by atoms with Gasteiger partial charge in [0.05, 0.1) is 6.10 Å². The first-order valence-electron chi connectivity index (χ1n) is 12.6. The number of esters is 1. The summed E-state index contributed by atoms with van der Waals surface area (Å²) in [4.78, 5) is 21.6. The Labute approximate surface area is 209 Å². The number of hydrogen-bond acceptors (Lipinski definition) is 6. The fourth-order valence-corrected chi connectivity index (χ4v) is 4.77. The molecule has 0 radical (unpaired) electrons. The first-order valence-corrected chi connectivity index (χ1v) is 12.6. The number of benzene rings is 1. The van der Waals surface area contributed by atoms with Crippen LogP contribution in [0.3, 0.4) is 0 Å². The molecular weight excluding hydrogens is 438 g/mol. The minimum Gasteiger partial charge on any atom is -0.489 e. The molecule has 0 spiro atoms. The molecule has 0 bridgehead atoms. The lowest BCUT2D eigenvalue weighted by molar-refractivity contribution is 0.0378. The summed E-state index contributed by atoms with van der Waals surface area (Å²) in [6.07, 6.45) is 7.27. The largest absolute Gasteiger partial charge is 0.489 e. The smallest absolute Gasteiger partial charge is 0.342 e. The van der Waals surface area contributed by atoms with Crippen molar-refractivity contribution < 1.29 is 14.3 Å². The zero-order valence-corrected chi connectivity index (χ0v) is 21.4. The van der Waals surface area contributed by atoms with Crippen LogP contribution in [-0.4, -0.2) is 54.7 Å². The fraction of sp³-hybridized carbons (Fsp3) is 0.448. The van der Waals surface area contributed by atoms with Gasteiger partial charge < -0.3 is 14.4 Å². The number of carbonyl (C=O) groups excluding carboxylic acids is 1. The summed E-state index contributed by atoms with van der Waals surface area (Å²) in [7, 11) is 0. The SMILES string of the molecule is CC1=CC(COc2ccc(CN3CCN(c4ncccc4C(=O)OC(C)C)CC3)cc2)=CC(C)C1. The molecule has 1 aliphatic heterocycles. The number of aromatic nitrogens is 1. The van der Waals surface area contributed by atoms with Gasteiger partial charge in [-0.05, 0) is 68.5 Å². The second-order valence-corrected chi connectivity index (χ2v) is 9.94. The van der Waals surface area contributed by atoms with E-state index < -0.39 is 0 Å². The number of carbonyl (C=O) groups is 1. The van der Waals surface area contributed by atoms with E-state index in [4.69, 9.17) is 9.47 Å². The predicted octanol–water partition coefficient (Wildman–Crippen LogP) is 5.26. The quantitative estimate of drug-likeness (QED) is 0.486. The maximum Gasteiger partial charge on any atom is 0.342 e. The van der Waals surface area contributed by atoms with E-state index in [2.05, 4.69) is 65.0 Å². The van der Waals surface area contributed by atoms with E-state index in [-0.39, 0.29) is 12.1 Å². The average Bonchev–Trinajstić information content (AvgIpc) is 2.83. The molecule has 1 unspecified atom stereocenters. The molecule has 1 aliphatic carbocycles. The number of pyridine rings is 1. The zero-order chi connectivity index (χ0) is 24.8. The van der Waals surface area contributed by atoms with Gasteiger partial charge in [0, 0.05) is 38.9 Å². The molecule has 1 aromatic carbocycles. The minimum atomic E-state index is -0.312. The van der Waals surface area contributed by atoms with Crippen molar-refractivity contribution in [2.75, 3.05) is 37.7 Å². The van der Waals surface area contributed by atoms with Crippen molar-refractivity contribution in [2.24, 2.45) is 5.92 Å². The first-order chi connectivity index (χ1) is 16.9. The maximum absolute atomic E-state index is 12.5. The van der Waals surface area contributed by atoms with E-state index in [0.29, 0.717) is 23.9 Å². The van der Waals surface area contributed by atoms with E-state index in [9.17, 15) is 4.79 Å². The molecule has 4 rings (SSSR count). The Morgan fingerprint density at radius 2 is 1.86 bits per heavy atom. The van der Waals surface area contributed by atoms with Crippen LogP contribution in [0.15, 0.2) is 65.9 Å². The second kappa shape index (κ2) is 11.5. The molecule has 1 atom stereocenters. The highest BCUT2D eigenvalue weighted by molar-refractivity contribution is 5.94. The Morgan fingerprint density at radius 1 is 1.11 bits per heavy atom. The fourth-order valence-electron chi connectivity index (χ4n) is 4.77. The van der Waals surface area contributed by atoms with Crippen molar-refractivity contribution in [1.29, 1.82) is 0 Å². The number of hydrogen-bond donors (Lipinski definition) is 0. The number of allylic oxidation sites excluding steroid dienone is 2. The summed E-state index contributed by atoms with van der Waals surface area (Å²) in [6.45, 7) is 13.1. The summed E-state index contributed by atoms with van der Waals surface area (Å²) in [5.41, 5.74) is 4.49. The Morgan fingerprint density at radius 3 is 2.54 bits per heavy atom. The van der Waals surface area contributed by atoms with Crippen molar-refractivity contribution >= 4 is 11.8 Å². The second-order valence-electron chi connectivity index (χ2n) is 9.94. The lowest BCUT2D eigenvalue weighted by Crippen LogP contribution is -2.46. The van der Waals surface area contributed by atoms with Gasteiger partial charge in [0.1, 0.15) is 23.7 Å². The molecule has 35 heavy (non-hydrogen) atoms. The van der Waals surface area contributed by atoms with Gasteiger partial charge in [-0.3, -0.25) is 4.90 Å². The summed E-state index contributed by atoms with van der Waals surface area (Å²) in [5, 5.41) is 0. The monoisotopic (exact) mass is 475 g/mol. The predicted molar refractivity (Wildman–Crippen MR) is 140 cm³/mol. The number of piperazine rings is 1. The van der Waals surface area contributed by atoms with Crippen LogP contribution in [0.1, 0.15) is 50.0 Å². The van der Waals surface area contributed by atoms with Gasteiger partial charge in [-0.1, -0.05) is 36.8 Å². The van der Waals surface area contributed by atoms with E-state index in [0.717, 1.165) is 44.9 Å². The lowest BCUT2D eigenvalue weighted by atomic mass is 9.93. The standard InChI is InChI=1S/C29H37N3O3/c1-21(2)35-29(33)27-6-5-11-30-28(27)32-14-12-31(13-15-32)19-24-7-9-26(10-8-24)34-20-25-17-22(3)16-23(4)18-25/h5-11,17-18,21-22H,12-16,19-20H2,1-4H3. The molecule has 1 fully saturated rings. The van der Waals surface area contributed by atoms with Crippen LogP contribution in [0.2, 0.25) is 0 Å². The van der Waals surface area contributed by atoms with Crippen LogP contribution in [-0.2, 0) is 11.3 Å².